The van der Waals surface area contributed by atoms with Gasteiger partial charge >= 0.3 is 0 Å². The highest BCUT2D eigenvalue weighted by molar-refractivity contribution is 7.13. The van der Waals surface area contributed by atoms with Gasteiger partial charge in [0.15, 0.2) is 0 Å². The minimum Gasteiger partial charge on any atom is -0.464 e. The number of hydrogen-bond acceptors (Lipinski definition) is 3. The Morgan fingerprint density at radius 1 is 0.727 bits per heavy atom. The molecule has 2 heterocycles. The molecule has 0 atom stereocenters. The van der Waals surface area contributed by atoms with E-state index in [0.717, 1.165) is 33.2 Å². The van der Waals surface area contributed by atoms with Crippen molar-refractivity contribution >= 4 is 11.3 Å². The maximum atomic E-state index is 5.41. The number of thiazole rings is 1. The highest BCUT2D eigenvalue weighted by Gasteiger charge is 2.07. The Bertz CT molecular complexity index is 861. The van der Waals surface area contributed by atoms with Gasteiger partial charge in [-0.1, -0.05) is 54.6 Å². The molecule has 0 saturated heterocycles. The molecule has 3 heteroatoms. The van der Waals surface area contributed by atoms with Gasteiger partial charge in [-0.2, -0.15) is 0 Å². The predicted molar refractivity (Wildman–Crippen MR) is 90.7 cm³/mol. The Hall–Kier alpha value is -2.65. The molecule has 0 aliphatic rings. The molecular formula is C19H13NOS. The van der Waals surface area contributed by atoms with E-state index in [9.17, 15) is 0 Å². The lowest BCUT2D eigenvalue weighted by molar-refractivity contribution is 0.582. The fourth-order valence-electron chi connectivity index (χ4n) is 2.37. The van der Waals surface area contributed by atoms with Gasteiger partial charge in [-0.05, 0) is 12.1 Å². The van der Waals surface area contributed by atoms with Crippen LogP contribution in [-0.4, -0.2) is 4.98 Å². The van der Waals surface area contributed by atoms with Gasteiger partial charge in [-0.25, -0.2) is 4.98 Å². The second-order valence-electron chi connectivity index (χ2n) is 4.96. The van der Waals surface area contributed by atoms with Gasteiger partial charge in [-0.3, -0.25) is 0 Å². The van der Waals surface area contributed by atoms with Crippen LogP contribution in [0.15, 0.2) is 82.8 Å². The average molecular weight is 303 g/mol. The molecule has 4 rings (SSSR count). The zero-order valence-electron chi connectivity index (χ0n) is 11.8. The minimum absolute atomic E-state index is 0.884. The number of benzene rings is 2. The van der Waals surface area contributed by atoms with Crippen LogP contribution in [0.3, 0.4) is 0 Å². The van der Waals surface area contributed by atoms with E-state index in [1.54, 1.807) is 17.6 Å². The van der Waals surface area contributed by atoms with Crippen molar-refractivity contribution in [3.8, 4) is 33.2 Å². The first-order chi connectivity index (χ1) is 10.9. The van der Waals surface area contributed by atoms with E-state index in [2.05, 4.69) is 41.8 Å². The van der Waals surface area contributed by atoms with E-state index in [-0.39, 0.29) is 0 Å². The summed E-state index contributed by atoms with van der Waals surface area (Å²) in [4.78, 5) is 4.74. The summed E-state index contributed by atoms with van der Waals surface area (Å²) in [5.41, 5.74) is 4.36. The van der Waals surface area contributed by atoms with Crippen LogP contribution >= 0.6 is 11.3 Å². The first-order valence-electron chi connectivity index (χ1n) is 7.05. The molecule has 4 aromatic rings. The van der Waals surface area contributed by atoms with Crippen molar-refractivity contribution in [1.82, 2.24) is 4.98 Å². The second-order valence-corrected chi connectivity index (χ2v) is 5.82. The minimum atomic E-state index is 0.884. The van der Waals surface area contributed by atoms with Crippen molar-refractivity contribution in [1.29, 1.82) is 0 Å². The molecule has 2 aromatic carbocycles. The van der Waals surface area contributed by atoms with Crippen LogP contribution in [0, 0.1) is 0 Å². The van der Waals surface area contributed by atoms with Crippen LogP contribution in [0.2, 0.25) is 0 Å². The van der Waals surface area contributed by atoms with Crippen LogP contribution in [0.25, 0.3) is 33.2 Å². The Kier molecular flexibility index (Phi) is 3.33. The molecule has 0 aliphatic carbocycles. The lowest BCUT2D eigenvalue weighted by Crippen LogP contribution is -1.80. The standard InChI is InChI=1S/C19H13NOS/c1-2-5-16(6-3-1)19-20-17(13-22-19)14-8-10-15(11-9-14)18-7-4-12-21-18/h1-13H. The summed E-state index contributed by atoms with van der Waals surface area (Å²) in [6, 6.07) is 22.4. The van der Waals surface area contributed by atoms with Gasteiger partial charge in [0.25, 0.3) is 0 Å². The predicted octanol–water partition coefficient (Wildman–Crippen LogP) is 5.74. The Balaban J connectivity index is 1.64. The van der Waals surface area contributed by atoms with E-state index in [4.69, 9.17) is 9.40 Å². The van der Waals surface area contributed by atoms with E-state index >= 15 is 0 Å². The molecule has 0 N–H and O–H groups in total. The lowest BCUT2D eigenvalue weighted by Gasteiger charge is -2.00. The van der Waals surface area contributed by atoms with Gasteiger partial charge in [0, 0.05) is 22.1 Å². The van der Waals surface area contributed by atoms with Crippen molar-refractivity contribution in [3.63, 3.8) is 0 Å². The fourth-order valence-corrected chi connectivity index (χ4v) is 3.20. The third kappa shape index (κ3) is 2.47. The molecule has 0 bridgehead atoms. The normalized spacial score (nSPS) is 10.7. The summed E-state index contributed by atoms with van der Waals surface area (Å²) in [5, 5.41) is 3.15. The summed E-state index contributed by atoms with van der Waals surface area (Å²) in [6.07, 6.45) is 1.69. The second kappa shape index (κ2) is 5.62. The molecule has 22 heavy (non-hydrogen) atoms. The van der Waals surface area contributed by atoms with Gasteiger partial charge in [0.05, 0.1) is 12.0 Å². The molecular weight excluding hydrogens is 290 g/mol. The Morgan fingerprint density at radius 2 is 1.50 bits per heavy atom. The summed E-state index contributed by atoms with van der Waals surface area (Å²) < 4.78 is 5.41. The first kappa shape index (κ1) is 13.0. The number of hydrogen-bond donors (Lipinski definition) is 0. The van der Waals surface area contributed by atoms with Crippen molar-refractivity contribution in [3.05, 3.63) is 78.4 Å². The topological polar surface area (TPSA) is 26.0 Å². The van der Waals surface area contributed by atoms with E-state index in [1.807, 2.05) is 30.3 Å². The van der Waals surface area contributed by atoms with Crippen LogP contribution in [0.1, 0.15) is 0 Å². The average Bonchev–Trinajstić information content (AvgIpc) is 3.28. The third-order valence-corrected chi connectivity index (χ3v) is 4.40. The summed E-state index contributed by atoms with van der Waals surface area (Å²) in [6.45, 7) is 0. The molecule has 0 amide bonds. The number of nitrogens with zero attached hydrogens (tertiary/aromatic N) is 1. The van der Waals surface area contributed by atoms with E-state index < -0.39 is 0 Å². The van der Waals surface area contributed by atoms with E-state index in [0.29, 0.717) is 0 Å². The van der Waals surface area contributed by atoms with Crippen molar-refractivity contribution < 1.29 is 4.42 Å². The highest BCUT2D eigenvalue weighted by Crippen LogP contribution is 2.30. The van der Waals surface area contributed by atoms with Crippen molar-refractivity contribution in [2.75, 3.05) is 0 Å². The smallest absolute Gasteiger partial charge is 0.133 e. The first-order valence-corrected chi connectivity index (χ1v) is 7.93. The van der Waals surface area contributed by atoms with Crippen molar-refractivity contribution in [2.24, 2.45) is 0 Å². The molecule has 0 unspecified atom stereocenters. The largest absolute Gasteiger partial charge is 0.464 e. The SMILES string of the molecule is c1ccc(-c2nc(-c3ccc(-c4ccco4)cc3)cs2)cc1. The highest BCUT2D eigenvalue weighted by atomic mass is 32.1. The van der Waals surface area contributed by atoms with Crippen LogP contribution < -0.4 is 0 Å². The zero-order chi connectivity index (χ0) is 14.8. The zero-order valence-corrected chi connectivity index (χ0v) is 12.6. The number of rotatable bonds is 3. The molecule has 0 radical (unpaired) electrons. The monoisotopic (exact) mass is 303 g/mol. The van der Waals surface area contributed by atoms with Gasteiger partial charge in [-0.15, -0.1) is 11.3 Å². The third-order valence-electron chi connectivity index (χ3n) is 3.51. The van der Waals surface area contributed by atoms with Crippen molar-refractivity contribution in [2.45, 2.75) is 0 Å². The van der Waals surface area contributed by atoms with Crippen LogP contribution in [-0.2, 0) is 0 Å². The quantitative estimate of drug-likeness (QED) is 0.482. The molecule has 2 nitrogen and oxygen atoms in total. The molecule has 0 fully saturated rings. The molecule has 0 aliphatic heterocycles. The molecule has 106 valence electrons. The molecule has 0 spiro atoms. The van der Waals surface area contributed by atoms with Gasteiger partial charge in [0.2, 0.25) is 0 Å². The van der Waals surface area contributed by atoms with Crippen LogP contribution in [0.5, 0.6) is 0 Å². The van der Waals surface area contributed by atoms with Gasteiger partial charge < -0.3 is 4.42 Å². The number of furan rings is 1. The summed E-state index contributed by atoms with van der Waals surface area (Å²) >= 11 is 1.67. The van der Waals surface area contributed by atoms with E-state index in [1.165, 1.54) is 0 Å². The lowest BCUT2D eigenvalue weighted by atomic mass is 10.1. The Morgan fingerprint density at radius 3 is 2.23 bits per heavy atom. The summed E-state index contributed by atoms with van der Waals surface area (Å²) in [7, 11) is 0. The maximum Gasteiger partial charge on any atom is 0.133 e. The fraction of sp³-hybridized carbons (Fsp3) is 0. The summed E-state index contributed by atoms with van der Waals surface area (Å²) in [5.74, 6) is 0.884. The molecule has 2 aromatic heterocycles. The maximum absolute atomic E-state index is 5.41. The molecule has 0 saturated carbocycles. The Labute approximate surface area is 132 Å². The van der Waals surface area contributed by atoms with Gasteiger partial charge in [0.1, 0.15) is 10.8 Å². The number of aromatic nitrogens is 1. The van der Waals surface area contributed by atoms with Crippen LogP contribution in [0.4, 0.5) is 0 Å².